The van der Waals surface area contributed by atoms with Crippen molar-refractivity contribution in [3.05, 3.63) is 69.3 Å². The third-order valence-corrected chi connectivity index (χ3v) is 5.47. The Balaban J connectivity index is 2.17. The molecule has 0 bridgehead atoms. The Morgan fingerprint density at radius 3 is 2.41 bits per heavy atom. The lowest BCUT2D eigenvalue weighted by Crippen LogP contribution is -2.14. The normalized spacial score (nSPS) is 10.8. The number of rotatable bonds is 12. The summed E-state index contributed by atoms with van der Waals surface area (Å²) in [5, 5.41) is 35.2. The van der Waals surface area contributed by atoms with Crippen molar-refractivity contribution >= 4 is 46.3 Å². The van der Waals surface area contributed by atoms with Crippen LogP contribution in [0, 0.1) is 17.0 Å². The standard InChI is InChI=1S/C26H28N6O7/c1-5-13-27-24-22(31-30-20-12-9-17(32(36)37)14-19(20)25(33)34)15(3)21(26(35)39-6-2)23(29-24)28-16-7-10-18(38-4)11-8-16/h7-12,14H,5-6,13H2,1-4H3,(H,33,34)(H2,27,28,29). The zero-order chi connectivity index (χ0) is 28.5. The number of carboxylic acids is 1. The molecule has 0 fully saturated rings. The van der Waals surface area contributed by atoms with E-state index in [1.165, 1.54) is 6.07 Å². The molecule has 204 valence electrons. The van der Waals surface area contributed by atoms with Crippen molar-refractivity contribution in [2.45, 2.75) is 27.2 Å². The number of carboxylic acid groups (broad SMARTS) is 1. The topological polar surface area (TPSA) is 178 Å². The third kappa shape index (κ3) is 6.83. The summed E-state index contributed by atoms with van der Waals surface area (Å²) in [6.07, 6.45) is 0.754. The van der Waals surface area contributed by atoms with Gasteiger partial charge in [-0.05, 0) is 56.2 Å². The molecule has 3 aromatic rings. The van der Waals surface area contributed by atoms with Gasteiger partial charge in [-0.1, -0.05) is 6.92 Å². The number of azo groups is 1. The molecular formula is C26H28N6O7. The fourth-order valence-corrected chi connectivity index (χ4v) is 3.54. The van der Waals surface area contributed by atoms with Crippen LogP contribution in [0.1, 0.15) is 46.5 Å². The average molecular weight is 537 g/mol. The van der Waals surface area contributed by atoms with Crippen LogP contribution in [0.5, 0.6) is 5.75 Å². The Morgan fingerprint density at radius 2 is 1.82 bits per heavy atom. The van der Waals surface area contributed by atoms with Gasteiger partial charge in [0.15, 0.2) is 5.82 Å². The van der Waals surface area contributed by atoms with Crippen molar-refractivity contribution in [3.63, 3.8) is 0 Å². The SMILES string of the molecule is CCCNc1nc(Nc2ccc(OC)cc2)c(C(=O)OCC)c(C)c1N=Nc1ccc([N+](=O)[O-])cc1C(=O)O. The van der Waals surface area contributed by atoms with Crippen LogP contribution in [0.3, 0.4) is 0 Å². The molecule has 13 heteroatoms. The molecule has 2 aromatic carbocycles. The Kier molecular flexibility index (Phi) is 9.46. The number of benzene rings is 2. The van der Waals surface area contributed by atoms with Gasteiger partial charge in [0.05, 0.1) is 24.2 Å². The maximum Gasteiger partial charge on any atom is 0.342 e. The Bertz CT molecular complexity index is 1410. The van der Waals surface area contributed by atoms with E-state index in [0.717, 1.165) is 18.6 Å². The molecular weight excluding hydrogens is 508 g/mol. The second kappa shape index (κ2) is 12.9. The smallest absolute Gasteiger partial charge is 0.342 e. The maximum absolute atomic E-state index is 13.0. The number of nitrogens with zero attached hydrogens (tertiary/aromatic N) is 4. The van der Waals surface area contributed by atoms with Crippen molar-refractivity contribution in [3.8, 4) is 5.75 Å². The molecule has 0 aliphatic heterocycles. The van der Waals surface area contributed by atoms with E-state index in [1.807, 2.05) is 6.92 Å². The van der Waals surface area contributed by atoms with Gasteiger partial charge in [-0.3, -0.25) is 10.1 Å². The first-order valence-electron chi connectivity index (χ1n) is 12.0. The molecule has 13 nitrogen and oxygen atoms in total. The lowest BCUT2D eigenvalue weighted by atomic mass is 10.1. The van der Waals surface area contributed by atoms with Gasteiger partial charge in [0.2, 0.25) is 0 Å². The van der Waals surface area contributed by atoms with E-state index in [2.05, 4.69) is 25.8 Å². The predicted molar refractivity (Wildman–Crippen MR) is 144 cm³/mol. The molecule has 0 atom stereocenters. The summed E-state index contributed by atoms with van der Waals surface area (Å²) in [5.41, 5.74) is 0.416. The fourth-order valence-electron chi connectivity index (χ4n) is 3.54. The summed E-state index contributed by atoms with van der Waals surface area (Å²) >= 11 is 0. The molecule has 3 N–H and O–H groups in total. The quantitative estimate of drug-likeness (QED) is 0.105. The van der Waals surface area contributed by atoms with Crippen LogP contribution in [0.25, 0.3) is 0 Å². The molecule has 0 unspecified atom stereocenters. The first-order chi connectivity index (χ1) is 18.7. The Hall–Kier alpha value is -5.07. The minimum absolute atomic E-state index is 0.105. The number of pyridine rings is 1. The van der Waals surface area contributed by atoms with E-state index in [-0.39, 0.29) is 29.4 Å². The summed E-state index contributed by atoms with van der Waals surface area (Å²) in [6.45, 7) is 5.93. The first kappa shape index (κ1) is 28.5. The van der Waals surface area contributed by atoms with Crippen molar-refractivity contribution in [2.24, 2.45) is 10.2 Å². The molecule has 0 aliphatic carbocycles. The molecule has 3 rings (SSSR count). The number of esters is 1. The van der Waals surface area contributed by atoms with E-state index < -0.39 is 28.1 Å². The number of methoxy groups -OCH3 is 1. The average Bonchev–Trinajstić information content (AvgIpc) is 2.91. The molecule has 1 aromatic heterocycles. The van der Waals surface area contributed by atoms with Crippen LogP contribution in [0.15, 0.2) is 52.7 Å². The van der Waals surface area contributed by atoms with Gasteiger partial charge in [0, 0.05) is 24.4 Å². The summed E-state index contributed by atoms with van der Waals surface area (Å²) in [4.78, 5) is 39.7. The van der Waals surface area contributed by atoms with Crippen molar-refractivity contribution < 1.29 is 29.1 Å². The number of hydrogen-bond donors (Lipinski definition) is 3. The number of anilines is 3. The number of nitro benzene ring substituents is 1. The lowest BCUT2D eigenvalue weighted by molar-refractivity contribution is -0.384. The number of nitrogens with one attached hydrogen (secondary N) is 2. The highest BCUT2D eigenvalue weighted by Crippen LogP contribution is 2.37. The van der Waals surface area contributed by atoms with Crippen LogP contribution >= 0.6 is 0 Å². The highest BCUT2D eigenvalue weighted by Gasteiger charge is 2.24. The molecule has 0 aliphatic rings. The lowest BCUT2D eigenvalue weighted by Gasteiger charge is -2.18. The van der Waals surface area contributed by atoms with E-state index in [1.54, 1.807) is 45.2 Å². The molecule has 0 saturated carbocycles. The highest BCUT2D eigenvalue weighted by atomic mass is 16.6. The van der Waals surface area contributed by atoms with E-state index >= 15 is 0 Å². The van der Waals surface area contributed by atoms with Crippen molar-refractivity contribution in [1.82, 2.24) is 4.98 Å². The van der Waals surface area contributed by atoms with Crippen LogP contribution in [-0.2, 0) is 4.74 Å². The number of nitro groups is 1. The van der Waals surface area contributed by atoms with E-state index in [0.29, 0.717) is 29.4 Å². The van der Waals surface area contributed by atoms with E-state index in [9.17, 15) is 24.8 Å². The van der Waals surface area contributed by atoms with Gasteiger partial charge in [-0.2, -0.15) is 0 Å². The fraction of sp³-hybridized carbons (Fsp3) is 0.269. The van der Waals surface area contributed by atoms with Gasteiger partial charge < -0.3 is 25.2 Å². The Morgan fingerprint density at radius 1 is 1.10 bits per heavy atom. The number of aromatic carboxylic acids is 1. The second-order valence-electron chi connectivity index (χ2n) is 8.12. The maximum atomic E-state index is 13.0. The van der Waals surface area contributed by atoms with Crippen molar-refractivity contribution in [1.29, 1.82) is 0 Å². The van der Waals surface area contributed by atoms with Gasteiger partial charge in [-0.15, -0.1) is 10.2 Å². The number of carbonyl (C=O) groups excluding carboxylic acids is 1. The van der Waals surface area contributed by atoms with E-state index in [4.69, 9.17) is 9.47 Å². The molecule has 0 spiro atoms. The number of carbonyl (C=O) groups is 2. The summed E-state index contributed by atoms with van der Waals surface area (Å²) in [6, 6.07) is 10.3. The summed E-state index contributed by atoms with van der Waals surface area (Å²) < 4.78 is 10.5. The van der Waals surface area contributed by atoms with Gasteiger partial charge in [-0.25, -0.2) is 14.6 Å². The molecule has 0 amide bonds. The van der Waals surface area contributed by atoms with Crippen LogP contribution in [-0.4, -0.2) is 47.2 Å². The molecule has 1 heterocycles. The zero-order valence-corrected chi connectivity index (χ0v) is 21.8. The zero-order valence-electron chi connectivity index (χ0n) is 21.8. The third-order valence-electron chi connectivity index (χ3n) is 5.47. The monoisotopic (exact) mass is 536 g/mol. The molecule has 0 radical (unpaired) electrons. The minimum atomic E-state index is -1.40. The molecule has 0 saturated heterocycles. The summed E-state index contributed by atoms with van der Waals surface area (Å²) in [5.74, 6) is -0.879. The first-order valence-corrected chi connectivity index (χ1v) is 12.0. The van der Waals surface area contributed by atoms with Crippen LogP contribution < -0.4 is 15.4 Å². The number of ether oxygens (including phenoxy) is 2. The second-order valence-corrected chi connectivity index (χ2v) is 8.12. The van der Waals surface area contributed by atoms with Crippen molar-refractivity contribution in [2.75, 3.05) is 30.9 Å². The van der Waals surface area contributed by atoms with Gasteiger partial charge in [0.1, 0.15) is 28.5 Å². The largest absolute Gasteiger partial charge is 0.497 e. The molecule has 39 heavy (non-hydrogen) atoms. The minimum Gasteiger partial charge on any atom is -0.497 e. The highest BCUT2D eigenvalue weighted by molar-refractivity contribution is 6.00. The number of non-ortho nitro benzene ring substituents is 1. The predicted octanol–water partition coefficient (Wildman–Crippen LogP) is 6.16. The summed E-state index contributed by atoms with van der Waals surface area (Å²) in [7, 11) is 1.56. The Labute approximate surface area is 224 Å². The number of hydrogen-bond acceptors (Lipinski definition) is 11. The number of aromatic nitrogens is 1. The van der Waals surface area contributed by atoms with Crippen LogP contribution in [0.2, 0.25) is 0 Å². The van der Waals surface area contributed by atoms with Crippen LogP contribution in [0.4, 0.5) is 34.4 Å². The van der Waals surface area contributed by atoms with Gasteiger partial charge in [0.25, 0.3) is 5.69 Å². The van der Waals surface area contributed by atoms with Gasteiger partial charge >= 0.3 is 11.9 Å².